The van der Waals surface area contributed by atoms with Crippen molar-refractivity contribution in [3.8, 4) is 17.2 Å². The van der Waals surface area contributed by atoms with Crippen molar-refractivity contribution in [1.29, 1.82) is 0 Å². The molecule has 8 rings (SSSR count). The molecule has 1 aromatic heterocycles. The Morgan fingerprint density at radius 3 is 2.42 bits per heavy atom. The van der Waals surface area contributed by atoms with Crippen LogP contribution in [-0.4, -0.2) is 48.1 Å². The number of carbonyl (C=O) groups excluding carboxylic acids is 2. The molecule has 3 aliphatic heterocycles. The Labute approximate surface area is 256 Å². The maximum absolute atomic E-state index is 13.3. The van der Waals surface area contributed by atoms with Crippen molar-refractivity contribution in [2.24, 2.45) is 0 Å². The van der Waals surface area contributed by atoms with Gasteiger partial charge in [-0.15, -0.1) is 0 Å². The van der Waals surface area contributed by atoms with Gasteiger partial charge in [0.15, 0.2) is 5.60 Å². The molecule has 45 heavy (non-hydrogen) atoms. The maximum atomic E-state index is 13.3. The normalized spacial score (nSPS) is 18.3. The van der Waals surface area contributed by atoms with E-state index in [1.165, 1.54) is 12.1 Å². The molecule has 224 valence electrons. The van der Waals surface area contributed by atoms with E-state index in [4.69, 9.17) is 19.6 Å². The number of fused-ring (bicyclic) bond motifs is 7. The van der Waals surface area contributed by atoms with Crippen molar-refractivity contribution < 1.29 is 28.6 Å². The number of hydrogen-bond donors (Lipinski definition) is 2. The standard InChI is InChI=1S/C35H27N3O7/c36-21-5-8-24-20(16-33(41)44-29(24)17-21)15-32(40)38-13-11-37(12-14-38)22-6-9-27-30(18-22)43-31-19-23(39)7-10-28(31)35(27)26-4-2-1-3-25(26)34(42)45-35/h1-10,16-19,39H,11-15,36H2. The molecule has 0 bridgehead atoms. The van der Waals surface area contributed by atoms with E-state index in [1.54, 1.807) is 47.4 Å². The van der Waals surface area contributed by atoms with Gasteiger partial charge in [0.2, 0.25) is 5.91 Å². The van der Waals surface area contributed by atoms with E-state index < -0.39 is 17.2 Å². The van der Waals surface area contributed by atoms with E-state index >= 15 is 0 Å². The van der Waals surface area contributed by atoms with Gasteiger partial charge in [0.25, 0.3) is 0 Å². The number of ether oxygens (including phenoxy) is 2. The molecule has 10 nitrogen and oxygen atoms in total. The largest absolute Gasteiger partial charge is 0.508 e. The summed E-state index contributed by atoms with van der Waals surface area (Å²) in [5, 5.41) is 10.9. The molecular weight excluding hydrogens is 574 g/mol. The van der Waals surface area contributed by atoms with Gasteiger partial charge in [-0.25, -0.2) is 9.59 Å². The molecule has 10 heteroatoms. The number of hydrogen-bond acceptors (Lipinski definition) is 9. The molecule has 1 amide bonds. The van der Waals surface area contributed by atoms with Crippen LogP contribution in [0.15, 0.2) is 94.1 Å². The van der Waals surface area contributed by atoms with Crippen LogP contribution in [0.3, 0.4) is 0 Å². The van der Waals surface area contributed by atoms with Gasteiger partial charge in [0.1, 0.15) is 22.8 Å². The first-order valence-electron chi connectivity index (χ1n) is 14.6. The summed E-state index contributed by atoms with van der Waals surface area (Å²) in [6.07, 6.45) is 0.0766. The molecule has 0 aliphatic carbocycles. The quantitative estimate of drug-likeness (QED) is 0.174. The SMILES string of the molecule is Nc1ccc2c(CC(=O)N3CCN(c4ccc5c(c4)Oc4cc(O)ccc4C54OC(=O)c5ccccc54)CC3)cc(=O)oc2c1. The highest BCUT2D eigenvalue weighted by Gasteiger charge is 2.53. The Morgan fingerprint density at radius 2 is 1.60 bits per heavy atom. The highest BCUT2D eigenvalue weighted by molar-refractivity contribution is 5.97. The van der Waals surface area contributed by atoms with Crippen molar-refractivity contribution in [1.82, 2.24) is 4.90 Å². The summed E-state index contributed by atoms with van der Waals surface area (Å²) in [5.74, 6) is 0.465. The molecule has 4 aromatic carbocycles. The van der Waals surface area contributed by atoms with Crippen molar-refractivity contribution in [3.05, 3.63) is 123 Å². The zero-order valence-electron chi connectivity index (χ0n) is 24.0. The maximum Gasteiger partial charge on any atom is 0.340 e. The average molecular weight is 602 g/mol. The van der Waals surface area contributed by atoms with E-state index in [2.05, 4.69) is 4.90 Å². The molecule has 5 aromatic rings. The topological polar surface area (TPSA) is 136 Å². The van der Waals surface area contributed by atoms with Crippen molar-refractivity contribution in [2.75, 3.05) is 36.8 Å². The van der Waals surface area contributed by atoms with Crippen molar-refractivity contribution >= 4 is 34.2 Å². The summed E-state index contributed by atoms with van der Waals surface area (Å²) in [6.45, 7) is 2.15. The Balaban J connectivity index is 1.06. The number of phenols is 1. The number of aromatic hydroxyl groups is 1. The van der Waals surface area contributed by atoms with Gasteiger partial charge in [0.05, 0.1) is 12.0 Å². The van der Waals surface area contributed by atoms with Crippen LogP contribution in [0.1, 0.15) is 32.6 Å². The molecule has 1 atom stereocenters. The van der Waals surface area contributed by atoms with Gasteiger partial charge in [-0.3, -0.25) is 4.79 Å². The number of benzene rings is 4. The highest BCUT2D eigenvalue weighted by Crippen LogP contribution is 2.57. The summed E-state index contributed by atoms with van der Waals surface area (Å²) in [7, 11) is 0. The van der Waals surface area contributed by atoms with Crippen LogP contribution in [0.2, 0.25) is 0 Å². The van der Waals surface area contributed by atoms with Crippen LogP contribution in [0, 0.1) is 0 Å². The first kappa shape index (κ1) is 26.8. The van der Waals surface area contributed by atoms with Gasteiger partial charge in [-0.2, -0.15) is 0 Å². The third-order valence-corrected chi connectivity index (χ3v) is 8.87. The summed E-state index contributed by atoms with van der Waals surface area (Å²) < 4.78 is 17.8. The number of phenolic OH excluding ortho intramolecular Hbond substituents is 1. The minimum absolute atomic E-state index is 0.0374. The van der Waals surface area contributed by atoms with Crippen LogP contribution in [0.25, 0.3) is 11.0 Å². The number of piperazine rings is 1. The Hall–Kier alpha value is -5.77. The average Bonchev–Trinajstić information content (AvgIpc) is 3.32. The molecule has 1 saturated heterocycles. The Bertz CT molecular complexity index is 2120. The molecule has 4 heterocycles. The fraction of sp³-hybridized carbons (Fsp3) is 0.171. The number of amides is 1. The number of rotatable bonds is 3. The Morgan fingerprint density at radius 1 is 0.844 bits per heavy atom. The number of carbonyl (C=O) groups is 2. The molecule has 1 unspecified atom stereocenters. The van der Waals surface area contributed by atoms with Gasteiger partial charge < -0.3 is 34.5 Å². The predicted octanol–water partition coefficient (Wildman–Crippen LogP) is 4.54. The molecule has 3 aliphatic rings. The summed E-state index contributed by atoms with van der Waals surface area (Å²) in [6, 6.07) is 24.4. The first-order chi connectivity index (χ1) is 21.8. The van der Waals surface area contributed by atoms with Crippen LogP contribution >= 0.6 is 0 Å². The first-order valence-corrected chi connectivity index (χ1v) is 14.6. The van der Waals surface area contributed by atoms with Crippen LogP contribution in [0.4, 0.5) is 11.4 Å². The fourth-order valence-corrected chi connectivity index (χ4v) is 6.73. The van der Waals surface area contributed by atoms with Crippen LogP contribution in [-0.2, 0) is 21.6 Å². The zero-order chi connectivity index (χ0) is 30.9. The second-order valence-electron chi connectivity index (χ2n) is 11.5. The van der Waals surface area contributed by atoms with E-state index in [1.807, 2.05) is 30.3 Å². The number of esters is 1. The number of nitrogens with zero attached hydrogens (tertiary/aromatic N) is 2. The second-order valence-corrected chi connectivity index (χ2v) is 11.5. The van der Waals surface area contributed by atoms with Gasteiger partial charge in [-0.05, 0) is 48.0 Å². The third kappa shape index (κ3) is 4.21. The highest BCUT2D eigenvalue weighted by atomic mass is 16.6. The lowest BCUT2D eigenvalue weighted by atomic mass is 9.77. The van der Waals surface area contributed by atoms with Gasteiger partial charge >= 0.3 is 11.6 Å². The number of nitrogen functional groups attached to an aromatic ring is 1. The molecule has 3 N–H and O–H groups in total. The van der Waals surface area contributed by atoms with Crippen LogP contribution < -0.4 is 21.0 Å². The minimum atomic E-state index is -1.21. The summed E-state index contributed by atoms with van der Waals surface area (Å²) in [5.41, 5.74) is 8.99. The second kappa shape index (κ2) is 9.88. The lowest BCUT2D eigenvalue weighted by molar-refractivity contribution is -0.130. The summed E-state index contributed by atoms with van der Waals surface area (Å²) in [4.78, 5) is 42.5. The zero-order valence-corrected chi connectivity index (χ0v) is 24.0. The molecular formula is C35H27N3O7. The predicted molar refractivity (Wildman–Crippen MR) is 166 cm³/mol. The van der Waals surface area contributed by atoms with Crippen molar-refractivity contribution in [3.63, 3.8) is 0 Å². The fourth-order valence-electron chi connectivity index (χ4n) is 6.73. The van der Waals surface area contributed by atoms with E-state index in [0.717, 1.165) is 11.3 Å². The monoisotopic (exact) mass is 601 g/mol. The molecule has 0 saturated carbocycles. The summed E-state index contributed by atoms with van der Waals surface area (Å²) >= 11 is 0. The third-order valence-electron chi connectivity index (χ3n) is 8.87. The van der Waals surface area contributed by atoms with E-state index in [0.29, 0.717) is 76.6 Å². The van der Waals surface area contributed by atoms with Gasteiger partial charge in [0, 0.05) is 83.9 Å². The molecule has 0 radical (unpaired) electrons. The van der Waals surface area contributed by atoms with Crippen LogP contribution in [0.5, 0.6) is 17.2 Å². The van der Waals surface area contributed by atoms with Gasteiger partial charge in [-0.1, -0.05) is 18.2 Å². The van der Waals surface area contributed by atoms with Crippen molar-refractivity contribution in [2.45, 2.75) is 12.0 Å². The van der Waals surface area contributed by atoms with E-state index in [-0.39, 0.29) is 18.1 Å². The number of nitrogens with two attached hydrogens (primary N) is 1. The molecule has 1 fully saturated rings. The lowest BCUT2D eigenvalue weighted by Gasteiger charge is -2.39. The smallest absolute Gasteiger partial charge is 0.340 e. The lowest BCUT2D eigenvalue weighted by Crippen LogP contribution is -2.49. The minimum Gasteiger partial charge on any atom is -0.508 e. The Kier molecular flexibility index (Phi) is 5.89. The van der Waals surface area contributed by atoms with E-state index in [9.17, 15) is 19.5 Å². The number of anilines is 2. The molecule has 1 spiro atoms.